The second kappa shape index (κ2) is 3.48. The summed E-state index contributed by atoms with van der Waals surface area (Å²) in [6.45, 7) is 0. The van der Waals surface area contributed by atoms with Gasteiger partial charge in [0.15, 0.2) is 0 Å². The molecule has 1 aliphatic rings. The highest BCUT2D eigenvalue weighted by molar-refractivity contribution is 5.71. The van der Waals surface area contributed by atoms with Crippen LogP contribution in [0.2, 0.25) is 0 Å². The number of primary amides is 1. The topological polar surface area (TPSA) is 105 Å². The molecule has 1 rings (SSSR count). The van der Waals surface area contributed by atoms with Crippen molar-refractivity contribution in [2.75, 3.05) is 0 Å². The lowest BCUT2D eigenvalue weighted by Crippen LogP contribution is -2.30. The Hall–Kier alpha value is -2.18. The second-order valence-electron chi connectivity index (χ2n) is 2.02. The van der Waals surface area contributed by atoms with Crippen molar-refractivity contribution in [3.05, 3.63) is 24.5 Å². The lowest BCUT2D eigenvalue weighted by atomic mass is 10.6. The van der Waals surface area contributed by atoms with E-state index in [1.54, 1.807) is 0 Å². The van der Waals surface area contributed by atoms with Crippen molar-refractivity contribution in [3.8, 4) is 0 Å². The summed E-state index contributed by atoms with van der Waals surface area (Å²) in [5.74, 6) is -0.255. The Morgan fingerprint density at radius 2 is 2.23 bits per heavy atom. The molecule has 0 saturated heterocycles. The fourth-order valence-electron chi connectivity index (χ4n) is 0.713. The van der Waals surface area contributed by atoms with Crippen LogP contribution >= 0.6 is 0 Å². The Kier molecular flexibility index (Phi) is 2.38. The Bertz CT molecular complexity index is 296. The predicted octanol–water partition coefficient (Wildman–Crippen LogP) is -0.192. The first kappa shape index (κ1) is 8.91. The summed E-state index contributed by atoms with van der Waals surface area (Å²) in [5.41, 5.74) is 4.69. The average molecular weight is 184 g/mol. The molecule has 0 unspecified atom stereocenters. The van der Waals surface area contributed by atoms with Gasteiger partial charge in [0.1, 0.15) is 0 Å². The van der Waals surface area contributed by atoms with Crippen LogP contribution in [0, 0.1) is 0 Å². The number of nitrogens with zero attached hydrogens (tertiary/aromatic N) is 1. The molecule has 0 aromatic heterocycles. The lowest BCUT2D eigenvalue weighted by Gasteiger charge is -2.18. The van der Waals surface area contributed by atoms with Gasteiger partial charge in [-0.3, -0.25) is 0 Å². The molecule has 0 aromatic carbocycles. The number of carbonyl (C=O) groups excluding carboxylic acids is 2. The maximum Gasteiger partial charge on any atom is 0.464 e. The summed E-state index contributed by atoms with van der Waals surface area (Å²) in [5, 5.41) is 12.9. The quantitative estimate of drug-likeness (QED) is 0.589. The molecule has 0 saturated carbocycles. The van der Waals surface area contributed by atoms with Crippen LogP contribution in [0.1, 0.15) is 0 Å². The summed E-state index contributed by atoms with van der Waals surface area (Å²) in [4.78, 5) is 21.3. The number of amides is 2. The highest BCUT2D eigenvalue weighted by Gasteiger charge is 2.20. The van der Waals surface area contributed by atoms with E-state index in [2.05, 4.69) is 10.1 Å². The van der Waals surface area contributed by atoms with Gasteiger partial charge in [0.05, 0.1) is 6.20 Å². The number of carbonyl (C=O) groups is 2. The molecule has 7 heteroatoms. The minimum atomic E-state index is -1.52. The fraction of sp³-hybridized carbons (Fsp3) is 0. The average Bonchev–Trinajstić information content (AvgIpc) is 2.03. The minimum Gasteiger partial charge on any atom is -0.391 e. The predicted molar refractivity (Wildman–Crippen MR) is 38.9 cm³/mol. The maximum atomic E-state index is 10.4. The number of hydrogen-bond donors (Lipinski definition) is 2. The molecule has 3 N–H and O–H groups in total. The first-order valence-corrected chi connectivity index (χ1v) is 3.21. The molecule has 0 spiro atoms. The first-order valence-electron chi connectivity index (χ1n) is 3.21. The molecule has 1 radical (unpaired) electrons. The zero-order chi connectivity index (χ0) is 9.84. The largest absolute Gasteiger partial charge is 0.464 e. The highest BCUT2D eigenvalue weighted by atomic mass is 16.6. The number of rotatable bonds is 1. The third-order valence-electron chi connectivity index (χ3n) is 1.17. The maximum absolute atomic E-state index is 10.4. The van der Waals surface area contributed by atoms with E-state index < -0.39 is 12.2 Å². The van der Waals surface area contributed by atoms with Gasteiger partial charge in [0.25, 0.3) is 0 Å². The molecular formula is C6H6N3O4. The highest BCUT2D eigenvalue weighted by Crippen LogP contribution is 2.09. The van der Waals surface area contributed by atoms with Gasteiger partial charge in [-0.15, -0.1) is 0 Å². The van der Waals surface area contributed by atoms with Crippen LogP contribution < -0.4 is 11.1 Å². The summed E-state index contributed by atoms with van der Waals surface area (Å²) in [6.07, 6.45) is 0.970. The molecule has 0 aliphatic carbocycles. The van der Waals surface area contributed by atoms with Gasteiger partial charge in [0, 0.05) is 12.4 Å². The van der Waals surface area contributed by atoms with Gasteiger partial charge in [-0.2, -0.15) is 0 Å². The first-order chi connectivity index (χ1) is 6.11. The lowest BCUT2D eigenvalue weighted by molar-refractivity contribution is 0.116. The van der Waals surface area contributed by atoms with E-state index in [-0.39, 0.29) is 5.88 Å². The van der Waals surface area contributed by atoms with Crippen molar-refractivity contribution >= 4 is 12.2 Å². The molecular weight excluding hydrogens is 178 g/mol. The van der Waals surface area contributed by atoms with Crippen molar-refractivity contribution in [1.82, 2.24) is 10.2 Å². The van der Waals surface area contributed by atoms with Crippen LogP contribution in [0.4, 0.5) is 9.59 Å². The number of nitrogens with one attached hydrogen (secondary N) is 1. The van der Waals surface area contributed by atoms with Crippen molar-refractivity contribution in [1.29, 1.82) is 0 Å². The van der Waals surface area contributed by atoms with Crippen LogP contribution in [0.3, 0.4) is 0 Å². The summed E-state index contributed by atoms with van der Waals surface area (Å²) >= 11 is 0. The van der Waals surface area contributed by atoms with Crippen molar-refractivity contribution in [2.45, 2.75) is 0 Å². The van der Waals surface area contributed by atoms with E-state index in [9.17, 15) is 14.7 Å². The van der Waals surface area contributed by atoms with Crippen LogP contribution in [-0.4, -0.2) is 17.1 Å². The summed E-state index contributed by atoms with van der Waals surface area (Å²) in [6, 6.07) is 0. The molecule has 0 fully saturated rings. The van der Waals surface area contributed by atoms with E-state index in [0.717, 1.165) is 12.4 Å². The Balaban J connectivity index is 2.75. The molecule has 13 heavy (non-hydrogen) atoms. The smallest absolute Gasteiger partial charge is 0.391 e. The molecule has 1 heterocycles. The molecule has 0 aromatic rings. The van der Waals surface area contributed by atoms with E-state index in [1.165, 1.54) is 6.20 Å². The standard InChI is InChI=1S/C6H6N3O4/c7-5(10)13-4-3-8-1-2-9(4)6(11)12/h1-3,8H,(H2,7,10). The van der Waals surface area contributed by atoms with Crippen LogP contribution in [0.25, 0.3) is 0 Å². The Labute approximate surface area is 73.1 Å². The molecule has 1 aliphatic heterocycles. The Morgan fingerprint density at radius 1 is 1.54 bits per heavy atom. The van der Waals surface area contributed by atoms with Gasteiger partial charge in [-0.25, -0.2) is 19.6 Å². The monoisotopic (exact) mass is 184 g/mol. The number of nitrogens with two attached hydrogens (primary N) is 1. The van der Waals surface area contributed by atoms with Crippen molar-refractivity contribution in [3.63, 3.8) is 0 Å². The van der Waals surface area contributed by atoms with Gasteiger partial charge in [-0.1, -0.05) is 0 Å². The summed E-state index contributed by atoms with van der Waals surface area (Å²) < 4.78 is 4.36. The van der Waals surface area contributed by atoms with Crippen LogP contribution in [-0.2, 0) is 9.84 Å². The Morgan fingerprint density at radius 3 is 2.77 bits per heavy atom. The van der Waals surface area contributed by atoms with Gasteiger partial charge < -0.3 is 15.8 Å². The SMILES string of the molecule is NC(=O)OC1=CNC=CN1C([O])=O. The van der Waals surface area contributed by atoms with Gasteiger partial charge in [0.2, 0.25) is 5.88 Å². The third-order valence-corrected chi connectivity index (χ3v) is 1.17. The van der Waals surface area contributed by atoms with E-state index >= 15 is 0 Å². The fourth-order valence-corrected chi connectivity index (χ4v) is 0.713. The van der Waals surface area contributed by atoms with Gasteiger partial charge >= 0.3 is 12.2 Å². The van der Waals surface area contributed by atoms with E-state index in [4.69, 9.17) is 5.73 Å². The molecule has 69 valence electrons. The third kappa shape index (κ3) is 2.12. The molecule has 2 amide bonds. The molecule has 7 nitrogen and oxygen atoms in total. The number of ether oxygens (including phenoxy) is 1. The van der Waals surface area contributed by atoms with Crippen molar-refractivity contribution < 1.29 is 19.4 Å². The van der Waals surface area contributed by atoms with Crippen LogP contribution in [0.5, 0.6) is 0 Å². The van der Waals surface area contributed by atoms with E-state index in [0.29, 0.717) is 4.90 Å². The van der Waals surface area contributed by atoms with Crippen LogP contribution in [0.15, 0.2) is 24.5 Å². The number of hydrogen-bond acceptors (Lipinski definition) is 4. The molecule has 0 bridgehead atoms. The molecule has 0 atom stereocenters. The summed E-state index contributed by atoms with van der Waals surface area (Å²) in [7, 11) is 0. The van der Waals surface area contributed by atoms with Gasteiger partial charge in [-0.05, 0) is 0 Å². The van der Waals surface area contributed by atoms with E-state index in [1.807, 2.05) is 0 Å². The zero-order valence-electron chi connectivity index (χ0n) is 6.39. The van der Waals surface area contributed by atoms with Crippen molar-refractivity contribution in [2.24, 2.45) is 5.73 Å². The normalized spacial score (nSPS) is 14.5. The minimum absolute atomic E-state index is 0.255. The second-order valence-corrected chi connectivity index (χ2v) is 2.02. The zero-order valence-corrected chi connectivity index (χ0v) is 6.39.